The molecule has 16 nitrogen and oxygen atoms in total. The number of ether oxygens (including phenoxy) is 5. The monoisotopic (exact) mass is 755 g/mol. The summed E-state index contributed by atoms with van der Waals surface area (Å²) in [6, 6.07) is 23.4. The first-order valence-electron chi connectivity index (χ1n) is 17.0. The average molecular weight is 756 g/mol. The molecule has 1 aliphatic heterocycles. The van der Waals surface area contributed by atoms with Crippen molar-refractivity contribution in [1.29, 1.82) is 0 Å². The number of hydrogen-bond acceptors (Lipinski definition) is 13. The summed E-state index contributed by atoms with van der Waals surface area (Å²) in [6.45, 7) is 1.03. The fourth-order valence-corrected chi connectivity index (χ4v) is 6.25. The number of esters is 1. The van der Waals surface area contributed by atoms with Gasteiger partial charge in [0.25, 0.3) is 11.4 Å². The van der Waals surface area contributed by atoms with E-state index in [1.54, 1.807) is 48.5 Å². The zero-order valence-electron chi connectivity index (χ0n) is 30.0. The van der Waals surface area contributed by atoms with Crippen LogP contribution >= 0.6 is 0 Å². The van der Waals surface area contributed by atoms with Crippen LogP contribution in [0.2, 0.25) is 0 Å². The third-order valence-electron chi connectivity index (χ3n) is 9.07. The number of carbonyl (C=O) groups excluding carboxylic acids is 4. The van der Waals surface area contributed by atoms with Crippen LogP contribution in [-0.2, 0) is 41.8 Å². The Morgan fingerprint density at radius 1 is 0.709 bits per heavy atom. The maximum Gasteiger partial charge on any atom is 0.508 e. The summed E-state index contributed by atoms with van der Waals surface area (Å²) < 4.78 is 26.7. The van der Waals surface area contributed by atoms with Crippen molar-refractivity contribution in [2.45, 2.75) is 51.2 Å². The topological polar surface area (TPSA) is 204 Å². The van der Waals surface area contributed by atoms with Crippen molar-refractivity contribution in [2.75, 3.05) is 14.2 Å². The maximum atomic E-state index is 14.2. The molecule has 4 aromatic rings. The highest BCUT2D eigenvalue weighted by Gasteiger charge is 2.55. The van der Waals surface area contributed by atoms with Gasteiger partial charge in [-0.3, -0.25) is 34.6 Å². The zero-order valence-corrected chi connectivity index (χ0v) is 30.0. The van der Waals surface area contributed by atoms with Gasteiger partial charge in [0.2, 0.25) is 5.91 Å². The molecule has 4 aromatic carbocycles. The standard InChI is InChI=1S/C39H37N3O13/c1-24(55-39(46)54-23-26-6-14-30(15-7-26)42(49)50)36-34(20-31(43)21-35(44)53-22-25-4-12-29(13-5-25)41(47)48)40(38(36)45)37(27-8-16-32(51-2)17-9-27)28-10-18-33(52-3)19-11-28/h4-19,24,34,36-37H,20-23H2,1-3H3. The van der Waals surface area contributed by atoms with E-state index in [9.17, 15) is 39.4 Å². The van der Waals surface area contributed by atoms with Gasteiger partial charge in [0.05, 0.1) is 42.1 Å². The van der Waals surface area contributed by atoms with E-state index in [-0.39, 0.29) is 31.0 Å². The smallest absolute Gasteiger partial charge is 0.497 e. The Morgan fingerprint density at radius 3 is 1.60 bits per heavy atom. The molecule has 0 spiro atoms. The molecule has 55 heavy (non-hydrogen) atoms. The van der Waals surface area contributed by atoms with Gasteiger partial charge in [-0.2, -0.15) is 0 Å². The lowest BCUT2D eigenvalue weighted by Crippen LogP contribution is -2.66. The molecule has 1 aliphatic rings. The average Bonchev–Trinajstić information content (AvgIpc) is 3.18. The molecule has 3 atom stereocenters. The van der Waals surface area contributed by atoms with E-state index >= 15 is 0 Å². The number of non-ortho nitro benzene ring substituents is 2. The minimum atomic E-state index is -1.10. The van der Waals surface area contributed by atoms with Gasteiger partial charge < -0.3 is 28.6 Å². The predicted octanol–water partition coefficient (Wildman–Crippen LogP) is 6.27. The summed E-state index contributed by atoms with van der Waals surface area (Å²) in [6.07, 6.45) is -3.09. The quantitative estimate of drug-likeness (QED) is 0.0384. The molecular weight excluding hydrogens is 718 g/mol. The second-order valence-corrected chi connectivity index (χ2v) is 12.6. The Morgan fingerprint density at radius 2 is 1.16 bits per heavy atom. The predicted molar refractivity (Wildman–Crippen MR) is 193 cm³/mol. The first-order valence-corrected chi connectivity index (χ1v) is 17.0. The Balaban J connectivity index is 1.35. The molecule has 3 unspecified atom stereocenters. The fraction of sp³-hybridized carbons (Fsp3) is 0.282. The van der Waals surface area contributed by atoms with Crippen LogP contribution in [0.3, 0.4) is 0 Å². The highest BCUT2D eigenvalue weighted by Crippen LogP contribution is 2.44. The van der Waals surface area contributed by atoms with E-state index in [0.717, 1.165) is 0 Å². The summed E-state index contributed by atoms with van der Waals surface area (Å²) in [5.41, 5.74) is 2.07. The molecule has 1 heterocycles. The summed E-state index contributed by atoms with van der Waals surface area (Å²) >= 11 is 0. The molecule has 0 radical (unpaired) electrons. The van der Waals surface area contributed by atoms with Crippen LogP contribution in [0.1, 0.15) is 48.1 Å². The molecule has 1 fully saturated rings. The van der Waals surface area contributed by atoms with E-state index in [2.05, 4.69) is 0 Å². The van der Waals surface area contributed by atoms with Crippen molar-refractivity contribution >= 4 is 35.2 Å². The van der Waals surface area contributed by atoms with E-state index in [1.165, 1.54) is 74.6 Å². The van der Waals surface area contributed by atoms with Crippen LogP contribution in [0.4, 0.5) is 16.2 Å². The molecule has 1 amide bonds. The SMILES string of the molecule is COc1ccc(C(c2ccc(OC)cc2)N2C(=O)C(C(C)OC(=O)OCc3ccc([N+](=O)[O-])cc3)C2CC(=O)CC(=O)OCc2ccc([N+](=O)[O-])cc2)cc1. The normalized spacial score (nSPS) is 15.3. The summed E-state index contributed by atoms with van der Waals surface area (Å²) in [5, 5.41) is 21.9. The molecule has 16 heteroatoms. The van der Waals surface area contributed by atoms with Crippen molar-refractivity contribution in [3.8, 4) is 11.5 Å². The summed E-state index contributed by atoms with van der Waals surface area (Å²) in [4.78, 5) is 75.5. The minimum Gasteiger partial charge on any atom is -0.497 e. The fourth-order valence-electron chi connectivity index (χ4n) is 6.25. The first kappa shape index (κ1) is 39.4. The molecule has 0 bridgehead atoms. The van der Waals surface area contributed by atoms with Gasteiger partial charge in [-0.1, -0.05) is 24.3 Å². The van der Waals surface area contributed by atoms with Gasteiger partial charge in [0, 0.05) is 30.7 Å². The van der Waals surface area contributed by atoms with Crippen LogP contribution in [-0.4, -0.2) is 64.9 Å². The van der Waals surface area contributed by atoms with E-state index in [4.69, 9.17) is 23.7 Å². The third kappa shape index (κ3) is 9.78. The molecular formula is C39H37N3O13. The number of ketones is 1. The molecule has 5 rings (SSSR count). The van der Waals surface area contributed by atoms with Gasteiger partial charge in [-0.15, -0.1) is 0 Å². The number of rotatable bonds is 17. The number of methoxy groups -OCH3 is 2. The molecule has 0 aliphatic carbocycles. The number of benzene rings is 4. The highest BCUT2D eigenvalue weighted by molar-refractivity contribution is 5.97. The second kappa shape index (κ2) is 17.8. The molecule has 1 saturated heterocycles. The summed E-state index contributed by atoms with van der Waals surface area (Å²) in [7, 11) is 3.05. The Hall–Kier alpha value is -6.84. The van der Waals surface area contributed by atoms with Crippen LogP contribution in [0.15, 0.2) is 97.1 Å². The molecule has 286 valence electrons. The number of nitro groups is 2. The number of nitrogens with zero attached hydrogens (tertiary/aromatic N) is 3. The largest absolute Gasteiger partial charge is 0.508 e. The third-order valence-corrected chi connectivity index (χ3v) is 9.07. The number of carbonyl (C=O) groups is 4. The number of Topliss-reactive ketones (excluding diaryl/α,β-unsaturated/α-hetero) is 1. The minimum absolute atomic E-state index is 0.127. The zero-order chi connectivity index (χ0) is 39.6. The van der Waals surface area contributed by atoms with Crippen LogP contribution in [0.5, 0.6) is 11.5 Å². The first-order chi connectivity index (χ1) is 26.4. The lowest BCUT2D eigenvalue weighted by molar-refractivity contribution is -0.385. The second-order valence-electron chi connectivity index (χ2n) is 12.6. The van der Waals surface area contributed by atoms with E-state index in [1.807, 2.05) is 0 Å². The van der Waals surface area contributed by atoms with Crippen molar-refractivity contribution in [1.82, 2.24) is 4.90 Å². The number of nitro benzene ring substituents is 2. The van der Waals surface area contributed by atoms with Crippen molar-refractivity contribution in [3.05, 3.63) is 140 Å². The van der Waals surface area contributed by atoms with Gasteiger partial charge >= 0.3 is 12.1 Å². The van der Waals surface area contributed by atoms with Gasteiger partial charge in [-0.05, 0) is 77.7 Å². The number of amides is 1. The number of hydrogen-bond donors (Lipinski definition) is 0. The lowest BCUT2D eigenvalue weighted by Gasteiger charge is -2.52. The van der Waals surface area contributed by atoms with Gasteiger partial charge in [-0.25, -0.2) is 4.79 Å². The van der Waals surface area contributed by atoms with Crippen LogP contribution in [0, 0.1) is 26.1 Å². The number of β-lactam (4-membered cyclic amide) rings is 1. The highest BCUT2D eigenvalue weighted by atomic mass is 16.7. The van der Waals surface area contributed by atoms with E-state index in [0.29, 0.717) is 33.8 Å². The summed E-state index contributed by atoms with van der Waals surface area (Å²) in [5.74, 6) is -1.65. The molecule has 0 saturated carbocycles. The molecule has 0 N–H and O–H groups in total. The maximum absolute atomic E-state index is 14.2. The van der Waals surface area contributed by atoms with Crippen molar-refractivity contribution < 1.29 is 52.7 Å². The van der Waals surface area contributed by atoms with Gasteiger partial charge in [0.1, 0.15) is 43.0 Å². The van der Waals surface area contributed by atoms with Crippen LogP contribution in [0.25, 0.3) is 0 Å². The Labute approximate surface area is 314 Å². The Bertz CT molecular complexity index is 1970. The van der Waals surface area contributed by atoms with Gasteiger partial charge in [0.15, 0.2) is 0 Å². The van der Waals surface area contributed by atoms with Crippen molar-refractivity contribution in [3.63, 3.8) is 0 Å². The Kier molecular flexibility index (Phi) is 12.7. The molecule has 0 aromatic heterocycles. The number of likely N-dealkylation sites (tertiary alicyclic amines) is 1. The lowest BCUT2D eigenvalue weighted by atomic mass is 9.77. The van der Waals surface area contributed by atoms with Crippen molar-refractivity contribution in [2.24, 2.45) is 5.92 Å². The van der Waals surface area contributed by atoms with E-state index < -0.39 is 64.2 Å². The van der Waals surface area contributed by atoms with Crippen LogP contribution < -0.4 is 9.47 Å².